The lowest BCUT2D eigenvalue weighted by molar-refractivity contribution is -0.128. The molecule has 6 heteroatoms. The van der Waals surface area contributed by atoms with E-state index in [1.165, 1.54) is 6.07 Å². The lowest BCUT2D eigenvalue weighted by Crippen LogP contribution is -2.36. The summed E-state index contributed by atoms with van der Waals surface area (Å²) in [6.45, 7) is 3.50. The van der Waals surface area contributed by atoms with Gasteiger partial charge < -0.3 is 15.4 Å². The first kappa shape index (κ1) is 15.9. The molecule has 0 aromatic heterocycles. The van der Waals surface area contributed by atoms with E-state index in [1.54, 1.807) is 6.92 Å². The van der Waals surface area contributed by atoms with Gasteiger partial charge in [-0.2, -0.15) is 0 Å². The molecule has 1 amide bonds. The van der Waals surface area contributed by atoms with E-state index in [0.717, 1.165) is 38.1 Å². The highest BCUT2D eigenvalue weighted by molar-refractivity contribution is 5.77. The molecule has 1 unspecified atom stereocenters. The standard InChI is InChI=1S/C15H20F2N2O2/c1-10(11-2-3-13(16)14(17)8-11)19-15(20)9-21-12-4-6-18-7-5-12/h2-3,8,10,12,18H,4-7,9H2,1H3,(H,19,20). The minimum Gasteiger partial charge on any atom is -0.368 e. The van der Waals surface area contributed by atoms with Crippen molar-refractivity contribution in [1.29, 1.82) is 0 Å². The van der Waals surface area contributed by atoms with Crippen molar-refractivity contribution in [2.24, 2.45) is 0 Å². The third-order valence-corrected chi connectivity index (χ3v) is 3.56. The molecule has 2 rings (SSSR count). The molecule has 1 aliphatic rings. The quantitative estimate of drug-likeness (QED) is 0.873. The van der Waals surface area contributed by atoms with Gasteiger partial charge in [0.25, 0.3) is 0 Å². The van der Waals surface area contributed by atoms with Gasteiger partial charge in [0.15, 0.2) is 11.6 Å². The van der Waals surface area contributed by atoms with Crippen molar-refractivity contribution in [1.82, 2.24) is 10.6 Å². The SMILES string of the molecule is CC(NC(=O)COC1CCNCC1)c1ccc(F)c(F)c1. The average molecular weight is 298 g/mol. The zero-order valence-corrected chi connectivity index (χ0v) is 12.0. The molecule has 4 nitrogen and oxygen atoms in total. The summed E-state index contributed by atoms with van der Waals surface area (Å²) in [6, 6.07) is 3.20. The van der Waals surface area contributed by atoms with Gasteiger partial charge in [0.2, 0.25) is 5.91 Å². The summed E-state index contributed by atoms with van der Waals surface area (Å²) in [7, 11) is 0. The van der Waals surface area contributed by atoms with Gasteiger partial charge in [-0.25, -0.2) is 8.78 Å². The zero-order valence-electron chi connectivity index (χ0n) is 12.0. The van der Waals surface area contributed by atoms with Gasteiger partial charge in [0.1, 0.15) is 6.61 Å². The number of ether oxygens (including phenoxy) is 1. The van der Waals surface area contributed by atoms with Gasteiger partial charge in [0, 0.05) is 0 Å². The van der Waals surface area contributed by atoms with Crippen LogP contribution in [0.4, 0.5) is 8.78 Å². The van der Waals surface area contributed by atoms with Crippen molar-refractivity contribution < 1.29 is 18.3 Å². The molecule has 21 heavy (non-hydrogen) atoms. The van der Waals surface area contributed by atoms with Crippen LogP contribution in [0.2, 0.25) is 0 Å². The number of nitrogens with one attached hydrogen (secondary N) is 2. The van der Waals surface area contributed by atoms with Crippen molar-refractivity contribution in [2.75, 3.05) is 19.7 Å². The van der Waals surface area contributed by atoms with Crippen LogP contribution in [0.15, 0.2) is 18.2 Å². The number of halogens is 2. The van der Waals surface area contributed by atoms with E-state index in [9.17, 15) is 13.6 Å². The van der Waals surface area contributed by atoms with E-state index >= 15 is 0 Å². The molecule has 0 spiro atoms. The Bertz CT molecular complexity index is 491. The first-order valence-electron chi connectivity index (χ1n) is 7.13. The highest BCUT2D eigenvalue weighted by Crippen LogP contribution is 2.16. The lowest BCUT2D eigenvalue weighted by atomic mass is 10.1. The molecule has 1 aliphatic heterocycles. The number of hydrogen-bond acceptors (Lipinski definition) is 3. The van der Waals surface area contributed by atoms with Crippen molar-refractivity contribution in [3.63, 3.8) is 0 Å². The van der Waals surface area contributed by atoms with Crippen LogP contribution in [-0.2, 0) is 9.53 Å². The van der Waals surface area contributed by atoms with Crippen LogP contribution in [0.1, 0.15) is 31.4 Å². The van der Waals surface area contributed by atoms with Crippen molar-refractivity contribution >= 4 is 5.91 Å². The maximum atomic E-state index is 13.1. The Kier molecular flexibility index (Phi) is 5.64. The molecule has 116 valence electrons. The smallest absolute Gasteiger partial charge is 0.246 e. The molecule has 1 saturated heterocycles. The fraction of sp³-hybridized carbons (Fsp3) is 0.533. The number of benzene rings is 1. The summed E-state index contributed by atoms with van der Waals surface area (Å²) in [5, 5.41) is 5.93. The molecule has 1 aromatic carbocycles. The molecule has 0 saturated carbocycles. The highest BCUT2D eigenvalue weighted by Gasteiger charge is 2.16. The zero-order chi connectivity index (χ0) is 15.2. The van der Waals surface area contributed by atoms with Gasteiger partial charge in [-0.3, -0.25) is 4.79 Å². The minimum atomic E-state index is -0.917. The fourth-order valence-electron chi connectivity index (χ4n) is 2.30. The largest absolute Gasteiger partial charge is 0.368 e. The Hall–Kier alpha value is -1.53. The minimum absolute atomic E-state index is 0.0152. The second-order valence-corrected chi connectivity index (χ2v) is 5.22. The van der Waals surface area contributed by atoms with E-state index in [1.807, 2.05) is 0 Å². The van der Waals surface area contributed by atoms with E-state index in [2.05, 4.69) is 10.6 Å². The Labute approximate surface area is 122 Å². The van der Waals surface area contributed by atoms with Crippen LogP contribution in [0, 0.1) is 11.6 Å². The Morgan fingerprint density at radius 2 is 2.10 bits per heavy atom. The maximum absolute atomic E-state index is 13.1. The lowest BCUT2D eigenvalue weighted by Gasteiger charge is -2.23. The Morgan fingerprint density at radius 3 is 2.76 bits per heavy atom. The highest BCUT2D eigenvalue weighted by atomic mass is 19.2. The summed E-state index contributed by atoms with van der Waals surface area (Å²) in [5.41, 5.74) is 0.518. The van der Waals surface area contributed by atoms with Crippen molar-refractivity contribution in [3.8, 4) is 0 Å². The Balaban J connectivity index is 1.79. The predicted molar refractivity (Wildman–Crippen MR) is 74.8 cm³/mol. The van der Waals surface area contributed by atoms with Crippen LogP contribution in [-0.4, -0.2) is 31.7 Å². The monoisotopic (exact) mass is 298 g/mol. The maximum Gasteiger partial charge on any atom is 0.246 e. The molecular formula is C15H20F2N2O2. The number of piperidine rings is 1. The summed E-state index contributed by atoms with van der Waals surface area (Å²) in [4.78, 5) is 11.8. The molecule has 1 aromatic rings. The third-order valence-electron chi connectivity index (χ3n) is 3.56. The average Bonchev–Trinajstić information content (AvgIpc) is 2.49. The van der Waals surface area contributed by atoms with Crippen LogP contribution in [0.5, 0.6) is 0 Å². The molecule has 1 heterocycles. The van der Waals surface area contributed by atoms with Gasteiger partial charge in [0.05, 0.1) is 12.1 Å². The predicted octanol–water partition coefficient (Wildman–Crippen LogP) is 1.91. The van der Waals surface area contributed by atoms with E-state index < -0.39 is 17.7 Å². The second-order valence-electron chi connectivity index (χ2n) is 5.22. The molecule has 1 fully saturated rings. The first-order valence-corrected chi connectivity index (χ1v) is 7.13. The summed E-state index contributed by atoms with van der Waals surface area (Å²) < 4.78 is 31.6. The normalized spacial score (nSPS) is 17.5. The van der Waals surface area contributed by atoms with Crippen LogP contribution < -0.4 is 10.6 Å². The number of carbonyl (C=O) groups is 1. The summed E-state index contributed by atoms with van der Waals surface area (Å²) in [5.74, 6) is -2.07. The van der Waals surface area contributed by atoms with Gasteiger partial charge in [-0.1, -0.05) is 6.07 Å². The summed E-state index contributed by atoms with van der Waals surface area (Å²) in [6.07, 6.45) is 1.90. The molecule has 1 atom stereocenters. The number of carbonyl (C=O) groups excluding carboxylic acids is 1. The number of rotatable bonds is 5. The third kappa shape index (κ3) is 4.75. The van der Waals surface area contributed by atoms with E-state index in [0.29, 0.717) is 5.56 Å². The van der Waals surface area contributed by atoms with Crippen molar-refractivity contribution in [3.05, 3.63) is 35.4 Å². The Morgan fingerprint density at radius 1 is 1.38 bits per heavy atom. The molecule has 2 N–H and O–H groups in total. The van der Waals surface area contributed by atoms with Crippen LogP contribution in [0.3, 0.4) is 0 Å². The van der Waals surface area contributed by atoms with Gasteiger partial charge >= 0.3 is 0 Å². The van der Waals surface area contributed by atoms with Crippen LogP contribution in [0.25, 0.3) is 0 Å². The van der Waals surface area contributed by atoms with Crippen molar-refractivity contribution in [2.45, 2.75) is 31.9 Å². The van der Waals surface area contributed by atoms with Gasteiger partial charge in [-0.05, 0) is 50.6 Å². The molecule has 0 radical (unpaired) electrons. The first-order chi connectivity index (χ1) is 10.1. The fourth-order valence-corrected chi connectivity index (χ4v) is 2.30. The molecule has 0 aliphatic carbocycles. The van der Waals surface area contributed by atoms with E-state index in [4.69, 9.17) is 4.74 Å². The van der Waals surface area contributed by atoms with Gasteiger partial charge in [-0.15, -0.1) is 0 Å². The molecule has 0 bridgehead atoms. The number of hydrogen-bond donors (Lipinski definition) is 2. The van der Waals surface area contributed by atoms with E-state index in [-0.39, 0.29) is 18.6 Å². The topological polar surface area (TPSA) is 50.4 Å². The molecular weight excluding hydrogens is 278 g/mol. The summed E-state index contributed by atoms with van der Waals surface area (Å²) >= 11 is 0. The van der Waals surface area contributed by atoms with Crippen LogP contribution >= 0.6 is 0 Å². The second kappa shape index (κ2) is 7.47. The number of amides is 1.